The third-order valence-electron chi connectivity index (χ3n) is 6.56. The van der Waals surface area contributed by atoms with Gasteiger partial charge in [0.2, 0.25) is 0 Å². The number of aromatic nitrogens is 5. The van der Waals surface area contributed by atoms with E-state index in [9.17, 15) is 4.79 Å². The number of hydrogen-bond donors (Lipinski definition) is 0. The average molecular weight is 500 g/mol. The van der Waals surface area contributed by atoms with Crippen molar-refractivity contribution in [3.05, 3.63) is 61.1 Å². The summed E-state index contributed by atoms with van der Waals surface area (Å²) in [7, 11) is 0. The first-order valence-electron chi connectivity index (χ1n) is 12.6. The van der Waals surface area contributed by atoms with Crippen molar-refractivity contribution in [2.24, 2.45) is 0 Å². The van der Waals surface area contributed by atoms with E-state index in [0.717, 1.165) is 39.2 Å². The van der Waals surface area contributed by atoms with Crippen molar-refractivity contribution < 1.29 is 9.53 Å². The van der Waals surface area contributed by atoms with E-state index in [4.69, 9.17) is 14.7 Å². The minimum absolute atomic E-state index is 0.0209. The number of ether oxygens (including phenoxy) is 1. The fourth-order valence-electron chi connectivity index (χ4n) is 4.87. The molecule has 1 aliphatic heterocycles. The summed E-state index contributed by atoms with van der Waals surface area (Å²) in [6, 6.07) is 6.03. The Balaban J connectivity index is 1.60. The Labute approximate surface area is 217 Å². The van der Waals surface area contributed by atoms with E-state index in [2.05, 4.69) is 38.6 Å². The maximum atomic E-state index is 12.9. The summed E-state index contributed by atoms with van der Waals surface area (Å²) < 4.78 is 7.74. The lowest BCUT2D eigenvalue weighted by Gasteiger charge is -2.44. The Bertz CT molecular complexity index is 1430. The third kappa shape index (κ3) is 4.85. The summed E-state index contributed by atoms with van der Waals surface area (Å²) in [5.74, 6) is 0.839. The van der Waals surface area contributed by atoms with Crippen molar-refractivity contribution in [3.63, 3.8) is 0 Å². The Hall–Kier alpha value is -4.01. The van der Waals surface area contributed by atoms with Gasteiger partial charge in [0, 0.05) is 61.1 Å². The van der Waals surface area contributed by atoms with Crippen LogP contribution in [-0.4, -0.2) is 66.3 Å². The molecule has 0 unspecified atom stereocenters. The lowest BCUT2D eigenvalue weighted by Crippen LogP contribution is -2.59. The molecule has 1 amide bonds. The Morgan fingerprint density at radius 1 is 1.05 bits per heavy atom. The molecule has 5 rings (SSSR count). The first kappa shape index (κ1) is 24.7. The van der Waals surface area contributed by atoms with E-state index in [1.807, 2.05) is 70.2 Å². The molecule has 0 saturated carbocycles. The number of anilines is 1. The number of aryl methyl sites for hydroxylation is 1. The van der Waals surface area contributed by atoms with E-state index in [-0.39, 0.29) is 18.2 Å². The summed E-state index contributed by atoms with van der Waals surface area (Å²) in [6.07, 6.45) is 10.7. The van der Waals surface area contributed by atoms with Gasteiger partial charge in [-0.05, 0) is 59.2 Å². The van der Waals surface area contributed by atoms with Crippen LogP contribution in [0.1, 0.15) is 40.2 Å². The van der Waals surface area contributed by atoms with Crippen molar-refractivity contribution >= 4 is 22.9 Å². The molecule has 0 bridgehead atoms. The van der Waals surface area contributed by atoms with Crippen molar-refractivity contribution in [2.75, 3.05) is 18.0 Å². The van der Waals surface area contributed by atoms with E-state index in [1.54, 1.807) is 12.5 Å². The van der Waals surface area contributed by atoms with Crippen LogP contribution in [0.4, 0.5) is 10.6 Å². The first-order chi connectivity index (χ1) is 17.6. The van der Waals surface area contributed by atoms with Gasteiger partial charge in [-0.25, -0.2) is 14.8 Å². The van der Waals surface area contributed by atoms with Crippen LogP contribution in [0.2, 0.25) is 0 Å². The Kier molecular flexibility index (Phi) is 6.31. The maximum absolute atomic E-state index is 12.9. The van der Waals surface area contributed by atoms with E-state index >= 15 is 0 Å². The summed E-state index contributed by atoms with van der Waals surface area (Å²) in [5.41, 5.74) is 4.23. The topological polar surface area (TPSA) is 89.3 Å². The monoisotopic (exact) mass is 499 g/mol. The molecule has 4 aromatic rings. The number of amides is 1. The average Bonchev–Trinajstić information content (AvgIpc) is 3.25. The highest BCUT2D eigenvalue weighted by atomic mass is 16.6. The highest BCUT2D eigenvalue weighted by molar-refractivity contribution is 6.02. The molecule has 1 aliphatic rings. The molecule has 1 fully saturated rings. The zero-order valence-electron chi connectivity index (χ0n) is 22.2. The highest BCUT2D eigenvalue weighted by Gasteiger charge is 2.36. The fraction of sp³-hybridized carbons (Fsp3) is 0.393. The Morgan fingerprint density at radius 2 is 1.86 bits per heavy atom. The molecule has 2 atom stereocenters. The van der Waals surface area contributed by atoms with Gasteiger partial charge in [-0.2, -0.15) is 0 Å². The summed E-state index contributed by atoms with van der Waals surface area (Å²) in [4.78, 5) is 35.2. The minimum Gasteiger partial charge on any atom is -0.444 e. The van der Waals surface area contributed by atoms with Crippen LogP contribution in [0, 0.1) is 6.92 Å². The second-order valence-electron chi connectivity index (χ2n) is 10.8. The molecule has 4 aromatic heterocycles. The standard InChI is InChI=1S/C28H33N7O2/c1-18-10-22(13-30-11-18)35-16-23(21-8-7-9-29-12-21)24-25(31-17-32-26(24)35)33-14-20(3)34(15-19(33)2)27(36)37-28(4,5)6/h7-13,16-17,19-20H,14-15H2,1-6H3/t19-,20+/m0/s1. The Morgan fingerprint density at radius 3 is 2.57 bits per heavy atom. The number of carbonyl (C=O) groups excluding carboxylic acids is 1. The van der Waals surface area contributed by atoms with E-state index in [0.29, 0.717) is 13.1 Å². The third-order valence-corrected chi connectivity index (χ3v) is 6.56. The summed E-state index contributed by atoms with van der Waals surface area (Å²) >= 11 is 0. The second-order valence-corrected chi connectivity index (χ2v) is 10.8. The molecule has 0 spiro atoms. The van der Waals surface area contributed by atoms with Gasteiger partial charge in [0.15, 0.2) is 5.65 Å². The summed E-state index contributed by atoms with van der Waals surface area (Å²) in [6.45, 7) is 13.0. The SMILES string of the molecule is Cc1cncc(-n2cc(-c3cccnc3)c3c(N4C[C@@H](C)N(C(=O)OC(C)(C)C)C[C@@H]4C)ncnc32)c1. The molecule has 5 heterocycles. The molecule has 0 N–H and O–H groups in total. The number of fused-ring (bicyclic) bond motifs is 1. The fourth-order valence-corrected chi connectivity index (χ4v) is 4.87. The summed E-state index contributed by atoms with van der Waals surface area (Å²) in [5, 5.41) is 0.946. The quantitative estimate of drug-likeness (QED) is 0.391. The number of pyridine rings is 2. The second kappa shape index (κ2) is 9.46. The zero-order chi connectivity index (χ0) is 26.3. The number of carbonyl (C=O) groups is 1. The number of piperazine rings is 1. The predicted molar refractivity (Wildman–Crippen MR) is 144 cm³/mol. The van der Waals surface area contributed by atoms with Gasteiger partial charge in [0.1, 0.15) is 17.7 Å². The molecule has 9 nitrogen and oxygen atoms in total. The van der Waals surface area contributed by atoms with Crippen LogP contribution < -0.4 is 4.90 Å². The van der Waals surface area contributed by atoms with Crippen molar-refractivity contribution in [1.82, 2.24) is 29.4 Å². The van der Waals surface area contributed by atoms with Gasteiger partial charge >= 0.3 is 6.09 Å². The molecular formula is C28H33N7O2. The maximum Gasteiger partial charge on any atom is 0.410 e. The van der Waals surface area contributed by atoms with Crippen molar-refractivity contribution in [3.8, 4) is 16.8 Å². The number of nitrogens with zero attached hydrogens (tertiary/aromatic N) is 7. The smallest absolute Gasteiger partial charge is 0.410 e. The van der Waals surface area contributed by atoms with Crippen LogP contribution in [0.3, 0.4) is 0 Å². The van der Waals surface area contributed by atoms with Crippen LogP contribution in [0.5, 0.6) is 0 Å². The van der Waals surface area contributed by atoms with Crippen LogP contribution in [-0.2, 0) is 4.74 Å². The van der Waals surface area contributed by atoms with Gasteiger partial charge in [-0.3, -0.25) is 14.5 Å². The normalized spacial score (nSPS) is 18.3. The highest BCUT2D eigenvalue weighted by Crippen LogP contribution is 2.38. The molecule has 9 heteroatoms. The molecule has 192 valence electrons. The number of rotatable bonds is 3. The zero-order valence-corrected chi connectivity index (χ0v) is 22.2. The first-order valence-corrected chi connectivity index (χ1v) is 12.6. The van der Waals surface area contributed by atoms with Gasteiger partial charge in [-0.1, -0.05) is 6.07 Å². The van der Waals surface area contributed by atoms with Gasteiger partial charge in [0.25, 0.3) is 0 Å². The van der Waals surface area contributed by atoms with Gasteiger partial charge < -0.3 is 14.5 Å². The van der Waals surface area contributed by atoms with Gasteiger partial charge in [-0.15, -0.1) is 0 Å². The van der Waals surface area contributed by atoms with Crippen molar-refractivity contribution in [1.29, 1.82) is 0 Å². The van der Waals surface area contributed by atoms with E-state index in [1.165, 1.54) is 0 Å². The van der Waals surface area contributed by atoms with Crippen LogP contribution in [0.15, 0.2) is 55.5 Å². The molecule has 0 aliphatic carbocycles. The van der Waals surface area contributed by atoms with E-state index < -0.39 is 5.60 Å². The molecule has 0 aromatic carbocycles. The molecular weight excluding hydrogens is 466 g/mol. The van der Waals surface area contributed by atoms with Crippen LogP contribution >= 0.6 is 0 Å². The van der Waals surface area contributed by atoms with Crippen molar-refractivity contribution in [2.45, 2.75) is 59.2 Å². The minimum atomic E-state index is -0.540. The number of hydrogen-bond acceptors (Lipinski definition) is 7. The largest absolute Gasteiger partial charge is 0.444 e. The lowest BCUT2D eigenvalue weighted by atomic mass is 10.1. The van der Waals surface area contributed by atoms with Crippen LogP contribution in [0.25, 0.3) is 27.8 Å². The predicted octanol–water partition coefficient (Wildman–Crippen LogP) is 5.02. The molecule has 37 heavy (non-hydrogen) atoms. The lowest BCUT2D eigenvalue weighted by molar-refractivity contribution is 0.0130. The molecule has 0 radical (unpaired) electrons. The molecule has 1 saturated heterocycles. The van der Waals surface area contributed by atoms with Gasteiger partial charge in [0.05, 0.1) is 17.3 Å².